The monoisotopic (exact) mass is 488 g/mol. The molecule has 3 aromatic heterocycles. The van der Waals surface area contributed by atoms with Gasteiger partial charge in [-0.15, -0.1) is 0 Å². The Hall–Kier alpha value is -3.77. The number of amides is 2. The maximum Gasteiger partial charge on any atom is 0.253 e. The molecule has 1 aliphatic rings. The molecule has 36 heavy (non-hydrogen) atoms. The van der Waals surface area contributed by atoms with Gasteiger partial charge < -0.3 is 15.7 Å². The van der Waals surface area contributed by atoms with Crippen LogP contribution in [0, 0.1) is 17.2 Å². The molecule has 0 atom stereocenters. The van der Waals surface area contributed by atoms with E-state index in [2.05, 4.69) is 26.7 Å². The highest BCUT2D eigenvalue weighted by Crippen LogP contribution is 2.26. The average Bonchev–Trinajstić information content (AvgIpc) is 3.30. The highest BCUT2D eigenvalue weighted by atomic mass is 16.3. The summed E-state index contributed by atoms with van der Waals surface area (Å²) in [7, 11) is 1.65. The van der Waals surface area contributed by atoms with E-state index in [4.69, 9.17) is 5.26 Å². The normalized spacial score (nSPS) is 18.0. The van der Waals surface area contributed by atoms with Gasteiger partial charge in [0.2, 0.25) is 5.91 Å². The number of aromatic nitrogens is 3. The molecular formula is C27H32N6O3. The van der Waals surface area contributed by atoms with Gasteiger partial charge >= 0.3 is 0 Å². The van der Waals surface area contributed by atoms with Crippen LogP contribution in [0.5, 0.6) is 0 Å². The van der Waals surface area contributed by atoms with E-state index >= 15 is 0 Å². The summed E-state index contributed by atoms with van der Waals surface area (Å²) in [5, 5.41) is 26.1. The van der Waals surface area contributed by atoms with E-state index in [1.165, 1.54) is 6.20 Å². The first kappa shape index (κ1) is 25.3. The molecule has 1 aliphatic carbocycles. The Morgan fingerprint density at radius 1 is 1.19 bits per heavy atom. The van der Waals surface area contributed by atoms with Crippen LogP contribution in [0.4, 0.5) is 0 Å². The molecule has 0 aromatic carbocycles. The predicted octanol–water partition coefficient (Wildman–Crippen LogP) is 3.03. The maximum atomic E-state index is 13.3. The van der Waals surface area contributed by atoms with Crippen LogP contribution in [0.25, 0.3) is 16.9 Å². The zero-order valence-electron chi connectivity index (χ0n) is 20.9. The number of pyridine rings is 2. The summed E-state index contributed by atoms with van der Waals surface area (Å²) in [6.45, 7) is 3.49. The van der Waals surface area contributed by atoms with E-state index in [0.717, 1.165) is 36.6 Å². The van der Waals surface area contributed by atoms with Gasteiger partial charge in [-0.3, -0.25) is 14.2 Å². The molecule has 0 saturated heterocycles. The topological polar surface area (TPSA) is 133 Å². The zero-order chi connectivity index (χ0) is 25.9. The summed E-state index contributed by atoms with van der Waals surface area (Å²) in [5.74, 6) is 0.470. The summed E-state index contributed by atoms with van der Waals surface area (Å²) < 4.78 is 1.83. The molecule has 0 radical (unpaired) electrons. The van der Waals surface area contributed by atoms with E-state index in [0.29, 0.717) is 35.4 Å². The third-order valence-corrected chi connectivity index (χ3v) is 6.81. The Labute approximate surface area is 210 Å². The lowest BCUT2D eigenvalue weighted by atomic mass is 9.85. The molecule has 2 amide bonds. The fourth-order valence-electron chi connectivity index (χ4n) is 4.71. The van der Waals surface area contributed by atoms with E-state index in [9.17, 15) is 14.7 Å². The smallest absolute Gasteiger partial charge is 0.253 e. The summed E-state index contributed by atoms with van der Waals surface area (Å²) >= 11 is 0. The Morgan fingerprint density at radius 3 is 2.61 bits per heavy atom. The number of hydrogen-bond acceptors (Lipinski definition) is 6. The molecule has 4 rings (SSSR count). The number of aryl methyl sites for hydroxylation is 1. The molecule has 3 aromatic rings. The van der Waals surface area contributed by atoms with Gasteiger partial charge in [0.25, 0.3) is 5.91 Å². The quantitative estimate of drug-likeness (QED) is 0.468. The highest BCUT2D eigenvalue weighted by molar-refractivity contribution is 5.96. The van der Waals surface area contributed by atoms with Crippen LogP contribution in [0.1, 0.15) is 67.4 Å². The van der Waals surface area contributed by atoms with Gasteiger partial charge in [0.15, 0.2) is 0 Å². The molecule has 188 valence electrons. The second-order valence-corrected chi connectivity index (χ2v) is 10.1. The number of nitrogens with one attached hydrogen (secondary N) is 2. The second kappa shape index (κ2) is 10.5. The van der Waals surface area contributed by atoms with Gasteiger partial charge in [0.1, 0.15) is 17.5 Å². The molecule has 9 nitrogen and oxygen atoms in total. The fraction of sp³-hybridized carbons (Fsp3) is 0.444. The van der Waals surface area contributed by atoms with Gasteiger partial charge in [-0.2, -0.15) is 5.26 Å². The van der Waals surface area contributed by atoms with Gasteiger partial charge in [-0.1, -0.05) is 0 Å². The minimum absolute atomic E-state index is 0.000639. The van der Waals surface area contributed by atoms with Crippen molar-refractivity contribution in [2.24, 2.45) is 5.92 Å². The Morgan fingerprint density at radius 2 is 1.94 bits per heavy atom. The van der Waals surface area contributed by atoms with Gasteiger partial charge in [-0.25, -0.2) is 9.97 Å². The molecule has 3 heterocycles. The molecule has 9 heteroatoms. The van der Waals surface area contributed by atoms with Gasteiger partial charge in [-0.05, 0) is 76.1 Å². The minimum Gasteiger partial charge on any atom is -0.390 e. The highest BCUT2D eigenvalue weighted by Gasteiger charge is 2.27. The van der Waals surface area contributed by atoms with Crippen LogP contribution in [0.3, 0.4) is 0 Å². The first-order valence-electron chi connectivity index (χ1n) is 12.3. The van der Waals surface area contributed by atoms with Crippen LogP contribution in [-0.2, 0) is 11.2 Å². The van der Waals surface area contributed by atoms with Crippen LogP contribution in [0.2, 0.25) is 0 Å². The van der Waals surface area contributed by atoms with Crippen molar-refractivity contribution in [3.63, 3.8) is 0 Å². The van der Waals surface area contributed by atoms with Crippen molar-refractivity contribution >= 4 is 22.8 Å². The molecule has 0 spiro atoms. The lowest BCUT2D eigenvalue weighted by molar-refractivity contribution is -0.125. The number of carbonyl (C=O) groups is 2. The first-order chi connectivity index (χ1) is 17.2. The number of nitrogens with zero attached hydrogens (tertiary/aromatic N) is 4. The van der Waals surface area contributed by atoms with Gasteiger partial charge in [0, 0.05) is 43.0 Å². The number of fused-ring (bicyclic) bond motifs is 1. The number of nitriles is 1. The van der Waals surface area contributed by atoms with Gasteiger partial charge in [0.05, 0.1) is 16.7 Å². The van der Waals surface area contributed by atoms with Crippen molar-refractivity contribution in [3.05, 3.63) is 53.5 Å². The van der Waals surface area contributed by atoms with Crippen molar-refractivity contribution < 1.29 is 14.7 Å². The summed E-state index contributed by atoms with van der Waals surface area (Å²) in [6, 6.07) is 7.61. The third kappa shape index (κ3) is 5.71. The van der Waals surface area contributed by atoms with Crippen LogP contribution in [0.15, 0.2) is 36.8 Å². The van der Waals surface area contributed by atoms with E-state index in [-0.39, 0.29) is 23.8 Å². The summed E-state index contributed by atoms with van der Waals surface area (Å²) in [4.78, 5) is 34.2. The lowest BCUT2D eigenvalue weighted by Gasteiger charge is -2.28. The number of rotatable bonds is 7. The standard InChI is InChI=1S/C27H32N6O3/c1-27(2,36)10-8-19-13-23(33-11-9-20-12-17(14-28)15-31-24(20)33)30-16-22(19)26(35)32-21-6-4-18(5-7-21)25(34)29-3/h9,11-13,15-16,18,21,36H,4-8,10H2,1-3H3,(H,29,34)(H,32,35)/t18-,21-. The Kier molecular flexibility index (Phi) is 7.36. The lowest BCUT2D eigenvalue weighted by Crippen LogP contribution is -2.40. The van der Waals surface area contributed by atoms with Crippen LogP contribution < -0.4 is 10.6 Å². The number of carbonyl (C=O) groups excluding carboxylic acids is 2. The predicted molar refractivity (Wildman–Crippen MR) is 135 cm³/mol. The van der Waals surface area contributed by atoms with Crippen LogP contribution in [-0.4, -0.2) is 50.1 Å². The maximum absolute atomic E-state index is 13.3. The molecule has 0 bridgehead atoms. The zero-order valence-corrected chi connectivity index (χ0v) is 20.9. The molecule has 1 saturated carbocycles. The van der Waals surface area contributed by atoms with Crippen molar-refractivity contribution in [1.82, 2.24) is 25.2 Å². The molecule has 3 N–H and O–H groups in total. The molecule has 1 fully saturated rings. The number of hydrogen-bond donors (Lipinski definition) is 3. The summed E-state index contributed by atoms with van der Waals surface area (Å²) in [5.41, 5.74) is 1.53. The minimum atomic E-state index is -0.884. The van der Waals surface area contributed by atoms with Crippen LogP contribution >= 0.6 is 0 Å². The van der Waals surface area contributed by atoms with Crippen molar-refractivity contribution in [2.45, 2.75) is 64.0 Å². The molecule has 0 aliphatic heterocycles. The Balaban J connectivity index is 1.58. The number of aliphatic hydroxyl groups is 1. The van der Waals surface area contributed by atoms with E-state index in [1.54, 1.807) is 33.2 Å². The van der Waals surface area contributed by atoms with E-state index in [1.807, 2.05) is 22.9 Å². The third-order valence-electron chi connectivity index (χ3n) is 6.81. The fourth-order valence-corrected chi connectivity index (χ4v) is 4.71. The van der Waals surface area contributed by atoms with Crippen molar-refractivity contribution in [2.75, 3.05) is 7.05 Å². The van der Waals surface area contributed by atoms with E-state index < -0.39 is 5.60 Å². The molecule has 0 unspecified atom stereocenters. The Bertz CT molecular complexity index is 1310. The van der Waals surface area contributed by atoms with Crippen molar-refractivity contribution in [3.8, 4) is 11.9 Å². The largest absolute Gasteiger partial charge is 0.390 e. The first-order valence-corrected chi connectivity index (χ1v) is 12.3. The second-order valence-electron chi connectivity index (χ2n) is 10.1. The van der Waals surface area contributed by atoms with Crippen molar-refractivity contribution in [1.29, 1.82) is 5.26 Å². The SMILES string of the molecule is CNC(=O)[C@H]1CC[C@H](NC(=O)c2cnc(-n3ccc4cc(C#N)cnc43)cc2CCC(C)(C)O)CC1. The summed E-state index contributed by atoms with van der Waals surface area (Å²) in [6.07, 6.45) is 8.90. The average molecular weight is 489 g/mol. The molecular weight excluding hydrogens is 456 g/mol.